The Morgan fingerprint density at radius 1 is 0.964 bits per heavy atom. The molecular weight excluding hydrogens is 360 g/mol. The van der Waals surface area contributed by atoms with E-state index in [0.717, 1.165) is 10.1 Å². The summed E-state index contributed by atoms with van der Waals surface area (Å²) in [5.74, 6) is 0.246. The summed E-state index contributed by atoms with van der Waals surface area (Å²) in [7, 11) is 0. The molecule has 28 heavy (non-hydrogen) atoms. The number of ether oxygens (including phenoxy) is 2. The van der Waals surface area contributed by atoms with Gasteiger partial charge in [-0.2, -0.15) is 0 Å². The van der Waals surface area contributed by atoms with E-state index >= 15 is 0 Å². The monoisotopic (exact) mass is 382 g/mol. The second kappa shape index (κ2) is 8.58. The van der Waals surface area contributed by atoms with Crippen LogP contribution in [0.2, 0.25) is 0 Å². The molecule has 0 aliphatic carbocycles. The average molecular weight is 382 g/mol. The normalized spacial score (nSPS) is 11.0. The highest BCUT2D eigenvalue weighted by molar-refractivity contribution is 5.33. The number of hydrogen-bond acceptors (Lipinski definition) is 5. The summed E-state index contributed by atoms with van der Waals surface area (Å²) in [6.07, 6.45) is 0. The van der Waals surface area contributed by atoms with Gasteiger partial charge in [0, 0.05) is 0 Å². The Hall–Kier alpha value is -3.32. The van der Waals surface area contributed by atoms with Crippen LogP contribution in [0.15, 0.2) is 70.3 Å². The lowest BCUT2D eigenvalue weighted by Gasteiger charge is -2.19. The van der Waals surface area contributed by atoms with Crippen molar-refractivity contribution in [3.63, 3.8) is 0 Å². The summed E-state index contributed by atoms with van der Waals surface area (Å²) < 4.78 is 12.7. The van der Waals surface area contributed by atoms with E-state index in [1.165, 1.54) is 0 Å². The second-order valence-corrected chi connectivity index (χ2v) is 6.58. The molecule has 3 aromatic rings. The fourth-order valence-corrected chi connectivity index (χ4v) is 2.79. The maximum absolute atomic E-state index is 12.5. The largest absolute Gasteiger partial charge is 0.440 e. The Labute approximate surface area is 162 Å². The first-order chi connectivity index (χ1) is 13.5. The van der Waals surface area contributed by atoms with Gasteiger partial charge in [0.15, 0.2) is 0 Å². The lowest BCUT2D eigenvalue weighted by molar-refractivity contribution is 0.0467. The van der Waals surface area contributed by atoms with Crippen LogP contribution in [0.25, 0.3) is 0 Å². The van der Waals surface area contributed by atoms with Crippen LogP contribution in [0.5, 0.6) is 11.6 Å². The van der Waals surface area contributed by atoms with Crippen molar-refractivity contribution >= 4 is 0 Å². The fourth-order valence-electron chi connectivity index (χ4n) is 2.79. The Morgan fingerprint density at radius 3 is 2.18 bits per heavy atom. The van der Waals surface area contributed by atoms with E-state index in [0.29, 0.717) is 5.75 Å². The van der Waals surface area contributed by atoms with Crippen LogP contribution in [0.3, 0.4) is 0 Å². The number of nitrogens with zero attached hydrogens (tertiary/aromatic N) is 2. The highest BCUT2D eigenvalue weighted by Crippen LogP contribution is 2.27. The molecule has 7 heteroatoms. The molecule has 0 amide bonds. The van der Waals surface area contributed by atoms with Crippen LogP contribution < -0.4 is 16.0 Å². The quantitative estimate of drug-likeness (QED) is 0.634. The van der Waals surface area contributed by atoms with Crippen molar-refractivity contribution < 1.29 is 14.7 Å². The maximum atomic E-state index is 12.5. The molecule has 1 aromatic heterocycles. The summed E-state index contributed by atoms with van der Waals surface area (Å²) in [6, 6.07) is 18.3. The molecule has 0 atom stereocenters. The molecule has 0 fully saturated rings. The van der Waals surface area contributed by atoms with Gasteiger partial charge in [-0.3, -0.25) is 4.79 Å². The van der Waals surface area contributed by atoms with Crippen LogP contribution in [0, 0.1) is 0 Å². The average Bonchev–Trinajstić information content (AvgIpc) is 2.70. The first kappa shape index (κ1) is 19.4. The van der Waals surface area contributed by atoms with Crippen molar-refractivity contribution in [2.75, 3.05) is 0 Å². The minimum Gasteiger partial charge on any atom is -0.440 e. The molecule has 0 aliphatic rings. The molecule has 0 radical (unpaired) electrons. The van der Waals surface area contributed by atoms with E-state index in [1.54, 1.807) is 38.1 Å². The van der Waals surface area contributed by atoms with Gasteiger partial charge in [0.25, 0.3) is 5.56 Å². The Balaban J connectivity index is 2.00. The number of para-hydroxylation sites is 1. The molecule has 7 nitrogen and oxygen atoms in total. The molecular formula is C21H22N2O5. The minimum atomic E-state index is -0.923. The van der Waals surface area contributed by atoms with E-state index in [4.69, 9.17) is 9.47 Å². The van der Waals surface area contributed by atoms with Gasteiger partial charge >= 0.3 is 5.69 Å². The third kappa shape index (κ3) is 4.15. The first-order valence-electron chi connectivity index (χ1n) is 8.92. The highest BCUT2D eigenvalue weighted by Gasteiger charge is 2.23. The predicted molar refractivity (Wildman–Crippen MR) is 104 cm³/mol. The van der Waals surface area contributed by atoms with Gasteiger partial charge in [-0.1, -0.05) is 67.1 Å². The molecule has 146 valence electrons. The van der Waals surface area contributed by atoms with Crippen molar-refractivity contribution in [3.8, 4) is 11.6 Å². The van der Waals surface area contributed by atoms with Gasteiger partial charge in [-0.05, 0) is 23.6 Å². The van der Waals surface area contributed by atoms with Gasteiger partial charge in [-0.15, -0.1) is 0 Å². The zero-order chi connectivity index (χ0) is 20.1. The Morgan fingerprint density at radius 2 is 1.57 bits per heavy atom. The summed E-state index contributed by atoms with van der Waals surface area (Å²) in [5.41, 5.74) is -0.602. The lowest BCUT2D eigenvalue weighted by Crippen LogP contribution is -2.41. The molecule has 0 spiro atoms. The Kier molecular flexibility index (Phi) is 5.96. The summed E-state index contributed by atoms with van der Waals surface area (Å²) >= 11 is 0. The van der Waals surface area contributed by atoms with Gasteiger partial charge in [0.2, 0.25) is 5.88 Å². The highest BCUT2D eigenvalue weighted by atomic mass is 16.5. The number of rotatable bonds is 7. The molecule has 0 aliphatic heterocycles. The van der Waals surface area contributed by atoms with Crippen LogP contribution in [-0.4, -0.2) is 14.5 Å². The SMILES string of the molecule is CC(C)c1c(Oc2ccccc2)n(COCc2ccccc2)c(=O)n(O)c1=O. The summed E-state index contributed by atoms with van der Waals surface area (Å²) in [4.78, 5) is 25.0. The molecule has 0 unspecified atom stereocenters. The van der Waals surface area contributed by atoms with Crippen molar-refractivity contribution in [1.82, 2.24) is 9.30 Å². The molecule has 1 heterocycles. The number of benzene rings is 2. The molecule has 0 saturated heterocycles. The van der Waals surface area contributed by atoms with Crippen LogP contribution in [0.4, 0.5) is 0 Å². The zero-order valence-corrected chi connectivity index (χ0v) is 15.7. The van der Waals surface area contributed by atoms with Gasteiger partial charge < -0.3 is 14.7 Å². The second-order valence-electron chi connectivity index (χ2n) is 6.58. The van der Waals surface area contributed by atoms with Gasteiger partial charge in [0.05, 0.1) is 12.2 Å². The number of aromatic nitrogens is 2. The van der Waals surface area contributed by atoms with Gasteiger partial charge in [0.1, 0.15) is 12.5 Å². The van der Waals surface area contributed by atoms with E-state index in [-0.39, 0.29) is 35.4 Å². The fraction of sp³-hybridized carbons (Fsp3) is 0.238. The van der Waals surface area contributed by atoms with Crippen LogP contribution >= 0.6 is 0 Å². The standard InChI is InChI=1S/C21H22N2O5/c1-15(2)18-19(24)23(26)21(25)22(14-27-13-16-9-5-3-6-10-16)20(18)28-17-11-7-4-8-12-17/h3-12,15,26H,13-14H2,1-2H3. The molecule has 0 bridgehead atoms. The Bertz CT molecular complexity index is 1040. The molecule has 0 saturated carbocycles. The van der Waals surface area contributed by atoms with Crippen LogP contribution in [0.1, 0.15) is 30.9 Å². The minimum absolute atomic E-state index is 0.0644. The number of hydrogen-bond donors (Lipinski definition) is 1. The third-order valence-electron chi connectivity index (χ3n) is 4.18. The van der Waals surface area contributed by atoms with Crippen molar-refractivity contribution in [3.05, 3.63) is 92.6 Å². The van der Waals surface area contributed by atoms with E-state index in [1.807, 2.05) is 36.4 Å². The molecule has 2 aromatic carbocycles. The predicted octanol–water partition coefficient (Wildman–Crippen LogP) is 3.34. The topological polar surface area (TPSA) is 82.7 Å². The maximum Gasteiger partial charge on any atom is 0.369 e. The van der Waals surface area contributed by atoms with Crippen molar-refractivity contribution in [2.24, 2.45) is 0 Å². The third-order valence-corrected chi connectivity index (χ3v) is 4.18. The first-order valence-corrected chi connectivity index (χ1v) is 8.92. The summed E-state index contributed by atoms with van der Waals surface area (Å²) in [6.45, 7) is 3.65. The van der Waals surface area contributed by atoms with Gasteiger partial charge in [-0.25, -0.2) is 9.36 Å². The van der Waals surface area contributed by atoms with Crippen molar-refractivity contribution in [2.45, 2.75) is 33.1 Å². The lowest BCUT2D eigenvalue weighted by atomic mass is 10.1. The zero-order valence-electron chi connectivity index (χ0n) is 15.7. The smallest absolute Gasteiger partial charge is 0.369 e. The van der Waals surface area contributed by atoms with E-state index in [9.17, 15) is 14.8 Å². The van der Waals surface area contributed by atoms with Crippen LogP contribution in [-0.2, 0) is 18.1 Å². The summed E-state index contributed by atoms with van der Waals surface area (Å²) in [5, 5.41) is 9.98. The van der Waals surface area contributed by atoms with E-state index in [2.05, 4.69) is 0 Å². The molecule has 3 rings (SSSR count). The molecule has 1 N–H and O–H groups in total. The van der Waals surface area contributed by atoms with E-state index < -0.39 is 11.2 Å². The van der Waals surface area contributed by atoms with Crippen molar-refractivity contribution in [1.29, 1.82) is 0 Å².